The number of hydrogen-bond donors (Lipinski definition) is 1. The molecule has 0 saturated heterocycles. The number of hydrazone groups is 1. The monoisotopic (exact) mass is 303 g/mol. The van der Waals surface area contributed by atoms with Crippen LogP contribution in [-0.4, -0.2) is 16.7 Å². The molecule has 0 bridgehead atoms. The van der Waals surface area contributed by atoms with E-state index in [0.29, 0.717) is 0 Å². The third kappa shape index (κ3) is 5.44. The van der Waals surface area contributed by atoms with Crippen molar-refractivity contribution in [1.29, 1.82) is 0 Å². The second-order valence-electron chi connectivity index (χ2n) is 5.11. The lowest BCUT2D eigenvalue weighted by Crippen LogP contribution is -2.25. The maximum Gasteiger partial charge on any atom is 0.259 e. The van der Waals surface area contributed by atoms with Crippen LogP contribution in [0.5, 0.6) is 0 Å². The van der Waals surface area contributed by atoms with Crippen LogP contribution in [0.3, 0.4) is 0 Å². The van der Waals surface area contributed by atoms with Crippen LogP contribution < -0.4 is 10.9 Å². The van der Waals surface area contributed by atoms with Gasteiger partial charge >= 0.3 is 0 Å². The van der Waals surface area contributed by atoms with Crippen LogP contribution in [0.1, 0.15) is 20.8 Å². The van der Waals surface area contributed by atoms with Crippen molar-refractivity contribution in [3.63, 3.8) is 0 Å². The minimum Gasteiger partial charge on any atom is -0.342 e. The van der Waals surface area contributed by atoms with E-state index in [9.17, 15) is 9.59 Å². The Morgan fingerprint density at radius 2 is 1.89 bits per heavy atom. The molecule has 0 atom stereocenters. The molecule has 1 amide bonds. The number of carbonyl (C=O) groups excluding carboxylic acids is 1. The van der Waals surface area contributed by atoms with E-state index in [1.54, 1.807) is 6.21 Å². The van der Waals surface area contributed by atoms with Crippen LogP contribution in [0.15, 0.2) is 22.3 Å². The molecule has 0 aromatic carbocycles. The summed E-state index contributed by atoms with van der Waals surface area (Å²) in [6.07, 6.45) is 4.34. The molecule has 0 aliphatic carbocycles. The fourth-order valence-electron chi connectivity index (χ4n) is 1.15. The Morgan fingerprint density at radius 3 is 2.37 bits per heavy atom. The average Bonchev–Trinajstić information content (AvgIpc) is 2.23. The van der Waals surface area contributed by atoms with Crippen molar-refractivity contribution in [2.75, 3.05) is 0 Å². The number of hydrogen-bond acceptors (Lipinski definition) is 3. The first-order valence-corrected chi connectivity index (χ1v) is 6.33. The summed E-state index contributed by atoms with van der Waals surface area (Å²) < 4.78 is 1.42. The zero-order valence-corrected chi connectivity index (χ0v) is 12.4. The van der Waals surface area contributed by atoms with Crippen molar-refractivity contribution in [3.8, 4) is 0 Å². The van der Waals surface area contributed by atoms with Gasteiger partial charge < -0.3 is 4.57 Å². The Balaban J connectivity index is 2.68. The second kappa shape index (κ2) is 6.21. The smallest absolute Gasteiger partial charge is 0.259 e. The van der Waals surface area contributed by atoms with Crippen LogP contribution >= 0.6 is 23.2 Å². The lowest BCUT2D eigenvalue weighted by Gasteiger charge is -2.10. The Morgan fingerprint density at radius 1 is 1.37 bits per heavy atom. The van der Waals surface area contributed by atoms with Crippen LogP contribution in [-0.2, 0) is 11.3 Å². The molecule has 0 radical (unpaired) electrons. The molecule has 0 spiro atoms. The maximum absolute atomic E-state index is 11.6. The zero-order valence-electron chi connectivity index (χ0n) is 10.9. The molecule has 1 aromatic heterocycles. The van der Waals surface area contributed by atoms with E-state index >= 15 is 0 Å². The van der Waals surface area contributed by atoms with Gasteiger partial charge in [0.1, 0.15) is 16.6 Å². The molecule has 7 heteroatoms. The van der Waals surface area contributed by atoms with E-state index < -0.39 is 5.43 Å². The van der Waals surface area contributed by atoms with E-state index in [-0.39, 0.29) is 27.9 Å². The molecule has 19 heavy (non-hydrogen) atoms. The minimum absolute atomic E-state index is 0.0266. The van der Waals surface area contributed by atoms with Crippen molar-refractivity contribution in [2.45, 2.75) is 27.3 Å². The molecule has 1 heterocycles. The summed E-state index contributed by atoms with van der Waals surface area (Å²) in [4.78, 5) is 22.9. The van der Waals surface area contributed by atoms with Gasteiger partial charge in [-0.15, -0.1) is 0 Å². The number of carbonyl (C=O) groups is 1. The summed E-state index contributed by atoms with van der Waals surface area (Å²) in [7, 11) is 0. The highest BCUT2D eigenvalue weighted by molar-refractivity contribution is 6.34. The van der Waals surface area contributed by atoms with Gasteiger partial charge in [-0.3, -0.25) is 9.59 Å². The van der Waals surface area contributed by atoms with E-state index in [4.69, 9.17) is 23.2 Å². The Bertz CT molecular complexity index is 533. The topological polar surface area (TPSA) is 63.5 Å². The van der Waals surface area contributed by atoms with Gasteiger partial charge in [-0.1, -0.05) is 44.0 Å². The summed E-state index contributed by atoms with van der Waals surface area (Å²) in [6.45, 7) is 5.86. The third-order valence-corrected chi connectivity index (χ3v) is 2.50. The number of halogens is 2. The molecule has 0 fully saturated rings. The van der Waals surface area contributed by atoms with Gasteiger partial charge in [0.05, 0.1) is 0 Å². The highest BCUT2D eigenvalue weighted by atomic mass is 35.5. The van der Waals surface area contributed by atoms with Gasteiger partial charge in [0.2, 0.25) is 5.43 Å². The summed E-state index contributed by atoms with van der Waals surface area (Å²) >= 11 is 11.4. The number of rotatable bonds is 3. The van der Waals surface area contributed by atoms with Crippen molar-refractivity contribution < 1.29 is 4.79 Å². The SMILES string of the molecule is CC(C)(C)C=NNC(=O)Cn1cc(Cl)c(=O)c(Cl)c1. The van der Waals surface area contributed by atoms with Gasteiger partial charge in [0, 0.05) is 18.6 Å². The van der Waals surface area contributed by atoms with Gasteiger partial charge in [-0.05, 0) is 5.41 Å². The first-order chi connectivity index (χ1) is 8.69. The fourth-order valence-corrected chi connectivity index (χ4v) is 1.65. The number of aromatic nitrogens is 1. The van der Waals surface area contributed by atoms with Crippen LogP contribution in [0.2, 0.25) is 10.0 Å². The Labute approximate surface area is 121 Å². The van der Waals surface area contributed by atoms with Gasteiger partial charge in [-0.25, -0.2) is 5.43 Å². The normalized spacial score (nSPS) is 11.8. The molecular weight excluding hydrogens is 289 g/mol. The molecule has 0 unspecified atom stereocenters. The number of nitrogens with zero attached hydrogens (tertiary/aromatic N) is 2. The lowest BCUT2D eigenvalue weighted by molar-refractivity contribution is -0.121. The molecule has 1 aromatic rings. The second-order valence-corrected chi connectivity index (χ2v) is 5.93. The molecule has 0 aliphatic rings. The van der Waals surface area contributed by atoms with E-state index in [2.05, 4.69) is 10.5 Å². The maximum atomic E-state index is 11.6. The third-order valence-electron chi connectivity index (χ3n) is 1.96. The molecule has 0 aliphatic heterocycles. The van der Waals surface area contributed by atoms with Crippen LogP contribution in [0.4, 0.5) is 0 Å². The highest BCUT2D eigenvalue weighted by Crippen LogP contribution is 2.08. The largest absolute Gasteiger partial charge is 0.342 e. The van der Waals surface area contributed by atoms with Crippen LogP contribution in [0.25, 0.3) is 0 Å². The molecule has 1 N–H and O–H groups in total. The number of nitrogens with one attached hydrogen (secondary N) is 1. The van der Waals surface area contributed by atoms with E-state index in [0.717, 1.165) is 0 Å². The quantitative estimate of drug-likeness (QED) is 0.688. The van der Waals surface area contributed by atoms with Crippen LogP contribution in [0, 0.1) is 5.41 Å². The number of amides is 1. The van der Waals surface area contributed by atoms with Crippen molar-refractivity contribution in [3.05, 3.63) is 32.7 Å². The number of pyridine rings is 1. The van der Waals surface area contributed by atoms with E-state index in [1.807, 2.05) is 20.8 Å². The summed E-state index contributed by atoms with van der Waals surface area (Å²) in [6, 6.07) is 0. The van der Waals surface area contributed by atoms with Crippen molar-refractivity contribution in [2.24, 2.45) is 10.5 Å². The standard InChI is InChI=1S/C12H15Cl2N3O2/c1-12(2,3)7-15-16-10(18)6-17-4-8(13)11(19)9(14)5-17/h4-5,7H,6H2,1-3H3,(H,16,18). The van der Waals surface area contributed by atoms with Gasteiger partial charge in [-0.2, -0.15) is 5.10 Å². The Kier molecular flexibility index (Phi) is 5.14. The summed E-state index contributed by atoms with van der Waals surface area (Å²) in [5.74, 6) is -0.337. The lowest BCUT2D eigenvalue weighted by atomic mass is 9.99. The van der Waals surface area contributed by atoms with Crippen molar-refractivity contribution in [1.82, 2.24) is 9.99 Å². The minimum atomic E-state index is -0.453. The predicted molar refractivity (Wildman–Crippen MR) is 76.8 cm³/mol. The molecular formula is C12H15Cl2N3O2. The predicted octanol–water partition coefficient (Wildman–Crippen LogP) is 2.30. The summed E-state index contributed by atoms with van der Waals surface area (Å²) in [5.41, 5.74) is 1.82. The average molecular weight is 304 g/mol. The van der Waals surface area contributed by atoms with Crippen molar-refractivity contribution >= 4 is 35.3 Å². The van der Waals surface area contributed by atoms with E-state index in [1.165, 1.54) is 17.0 Å². The summed E-state index contributed by atoms with van der Waals surface area (Å²) in [5, 5.41) is 3.78. The first kappa shape index (κ1) is 15.7. The fraction of sp³-hybridized carbons (Fsp3) is 0.417. The molecule has 5 nitrogen and oxygen atoms in total. The van der Waals surface area contributed by atoms with Gasteiger partial charge in [0.15, 0.2) is 0 Å². The molecule has 104 valence electrons. The van der Waals surface area contributed by atoms with Gasteiger partial charge in [0.25, 0.3) is 5.91 Å². The zero-order chi connectivity index (χ0) is 14.6. The molecule has 0 saturated carbocycles. The Hall–Kier alpha value is -1.33. The highest BCUT2D eigenvalue weighted by Gasteiger charge is 2.08. The first-order valence-electron chi connectivity index (χ1n) is 5.57. The molecule has 1 rings (SSSR count).